The van der Waals surface area contributed by atoms with Gasteiger partial charge in [0.1, 0.15) is 5.69 Å². The molecule has 0 N–H and O–H groups in total. The summed E-state index contributed by atoms with van der Waals surface area (Å²) in [5.41, 5.74) is 3.35. The number of nitrogens with zero attached hydrogens (tertiary/aromatic N) is 3. The van der Waals surface area contributed by atoms with Gasteiger partial charge in [0.25, 0.3) is 0 Å². The zero-order chi connectivity index (χ0) is 9.26. The summed E-state index contributed by atoms with van der Waals surface area (Å²) in [5, 5.41) is 0. The van der Waals surface area contributed by atoms with E-state index in [1.165, 1.54) is 5.69 Å². The first-order valence-electron chi connectivity index (χ1n) is 4.45. The fraction of sp³-hybridized carbons (Fsp3) is 0.400. The predicted octanol–water partition coefficient (Wildman–Crippen LogP) is 1.34. The Kier molecular flexibility index (Phi) is 2.00. The van der Waals surface area contributed by atoms with Crippen LogP contribution in [0.25, 0.3) is 0 Å². The Bertz CT molecular complexity index is 344. The zero-order valence-electron chi connectivity index (χ0n) is 7.99. The molecular weight excluding hydrogens is 162 g/mol. The summed E-state index contributed by atoms with van der Waals surface area (Å²) in [5.74, 6) is 0. The summed E-state index contributed by atoms with van der Waals surface area (Å²) in [6.45, 7) is 1.03. The number of aliphatic imine (C=N–C) groups is 1. The fourth-order valence-corrected chi connectivity index (χ4v) is 1.66. The Morgan fingerprint density at radius 3 is 3.15 bits per heavy atom. The van der Waals surface area contributed by atoms with Crippen molar-refractivity contribution in [3.05, 3.63) is 24.0 Å². The zero-order valence-corrected chi connectivity index (χ0v) is 7.99. The van der Waals surface area contributed by atoms with Gasteiger partial charge in [0.15, 0.2) is 0 Å². The molecule has 0 radical (unpaired) electrons. The third-order valence-electron chi connectivity index (χ3n) is 2.42. The van der Waals surface area contributed by atoms with Crippen LogP contribution in [0.1, 0.15) is 12.1 Å². The molecule has 0 bridgehead atoms. The SMILES string of the molecule is CN=C1CCN(C)c2cccnc21. The summed E-state index contributed by atoms with van der Waals surface area (Å²) >= 11 is 0. The minimum absolute atomic E-state index is 0.997. The van der Waals surface area contributed by atoms with Gasteiger partial charge in [0.05, 0.1) is 11.4 Å². The summed E-state index contributed by atoms with van der Waals surface area (Å²) in [6, 6.07) is 4.06. The van der Waals surface area contributed by atoms with Crippen LogP contribution in [0.2, 0.25) is 0 Å². The van der Waals surface area contributed by atoms with Gasteiger partial charge in [-0.15, -0.1) is 0 Å². The molecule has 0 amide bonds. The van der Waals surface area contributed by atoms with Crippen molar-refractivity contribution in [3.63, 3.8) is 0 Å². The number of anilines is 1. The maximum atomic E-state index is 4.35. The normalized spacial score (nSPS) is 18.9. The van der Waals surface area contributed by atoms with Crippen LogP contribution in [-0.2, 0) is 0 Å². The molecule has 2 rings (SSSR count). The van der Waals surface area contributed by atoms with Crippen LogP contribution < -0.4 is 4.90 Å². The van der Waals surface area contributed by atoms with Gasteiger partial charge in [0, 0.05) is 33.3 Å². The highest BCUT2D eigenvalue weighted by Crippen LogP contribution is 2.23. The number of rotatable bonds is 0. The molecule has 1 aromatic rings. The van der Waals surface area contributed by atoms with Crippen molar-refractivity contribution >= 4 is 11.4 Å². The molecule has 1 aromatic heterocycles. The largest absolute Gasteiger partial charge is 0.372 e. The molecule has 0 saturated heterocycles. The standard InChI is InChI=1S/C10H13N3/c1-11-8-5-7-13(2)9-4-3-6-12-10(8)9/h3-4,6H,5,7H2,1-2H3. The van der Waals surface area contributed by atoms with Gasteiger partial charge in [0.2, 0.25) is 0 Å². The number of fused-ring (bicyclic) bond motifs is 1. The van der Waals surface area contributed by atoms with Crippen LogP contribution in [0.4, 0.5) is 5.69 Å². The molecule has 1 aliphatic heterocycles. The van der Waals surface area contributed by atoms with E-state index in [-0.39, 0.29) is 0 Å². The van der Waals surface area contributed by atoms with Gasteiger partial charge in [-0.05, 0) is 12.1 Å². The lowest BCUT2D eigenvalue weighted by Gasteiger charge is -2.27. The Labute approximate surface area is 78.1 Å². The van der Waals surface area contributed by atoms with Gasteiger partial charge in [-0.1, -0.05) is 0 Å². The average molecular weight is 175 g/mol. The highest BCUT2D eigenvalue weighted by molar-refractivity contribution is 6.05. The molecule has 1 aliphatic rings. The maximum Gasteiger partial charge on any atom is 0.107 e. The molecule has 0 unspecified atom stereocenters. The fourth-order valence-electron chi connectivity index (χ4n) is 1.66. The van der Waals surface area contributed by atoms with Crippen molar-refractivity contribution in [2.24, 2.45) is 4.99 Å². The number of aromatic nitrogens is 1. The lowest BCUT2D eigenvalue weighted by atomic mass is 10.1. The van der Waals surface area contributed by atoms with Gasteiger partial charge >= 0.3 is 0 Å². The first kappa shape index (κ1) is 8.23. The summed E-state index contributed by atoms with van der Waals surface area (Å²) in [6.07, 6.45) is 2.82. The van der Waals surface area contributed by atoms with E-state index in [0.717, 1.165) is 24.4 Å². The highest BCUT2D eigenvalue weighted by Gasteiger charge is 2.18. The Morgan fingerprint density at radius 2 is 2.38 bits per heavy atom. The smallest absolute Gasteiger partial charge is 0.107 e. The number of hydrogen-bond acceptors (Lipinski definition) is 3. The lowest BCUT2D eigenvalue weighted by Crippen LogP contribution is -2.29. The third kappa shape index (κ3) is 1.30. The maximum absolute atomic E-state index is 4.35. The second-order valence-corrected chi connectivity index (χ2v) is 3.21. The van der Waals surface area contributed by atoms with Crippen LogP contribution in [0.15, 0.2) is 23.3 Å². The first-order chi connectivity index (χ1) is 6.33. The Hall–Kier alpha value is -1.38. The molecule has 0 fully saturated rings. The van der Waals surface area contributed by atoms with Crippen LogP contribution >= 0.6 is 0 Å². The summed E-state index contributed by atoms with van der Waals surface area (Å²) < 4.78 is 0. The topological polar surface area (TPSA) is 28.5 Å². The number of pyridine rings is 1. The monoisotopic (exact) mass is 175 g/mol. The first-order valence-corrected chi connectivity index (χ1v) is 4.45. The van der Waals surface area contributed by atoms with Crippen LogP contribution in [0.3, 0.4) is 0 Å². The van der Waals surface area contributed by atoms with E-state index in [9.17, 15) is 0 Å². The molecule has 0 saturated carbocycles. The molecule has 0 aliphatic carbocycles. The Balaban J connectivity index is 2.54. The van der Waals surface area contributed by atoms with E-state index in [4.69, 9.17) is 0 Å². The van der Waals surface area contributed by atoms with Crippen molar-refractivity contribution in [2.75, 3.05) is 25.5 Å². The van der Waals surface area contributed by atoms with Gasteiger partial charge in [-0.2, -0.15) is 0 Å². The molecule has 3 nitrogen and oxygen atoms in total. The van der Waals surface area contributed by atoms with E-state index in [1.807, 2.05) is 19.3 Å². The lowest BCUT2D eigenvalue weighted by molar-refractivity contribution is 0.883. The Morgan fingerprint density at radius 1 is 1.54 bits per heavy atom. The van der Waals surface area contributed by atoms with Crippen molar-refractivity contribution < 1.29 is 0 Å². The third-order valence-corrected chi connectivity index (χ3v) is 2.42. The van der Waals surface area contributed by atoms with E-state index < -0.39 is 0 Å². The summed E-state index contributed by atoms with van der Waals surface area (Å²) in [4.78, 5) is 10.8. The van der Waals surface area contributed by atoms with E-state index in [2.05, 4.69) is 28.0 Å². The van der Waals surface area contributed by atoms with Crippen molar-refractivity contribution in [1.82, 2.24) is 4.98 Å². The molecule has 2 heterocycles. The van der Waals surface area contributed by atoms with Crippen LogP contribution in [-0.4, -0.2) is 31.3 Å². The average Bonchev–Trinajstić information content (AvgIpc) is 2.19. The van der Waals surface area contributed by atoms with E-state index >= 15 is 0 Å². The van der Waals surface area contributed by atoms with E-state index in [0.29, 0.717) is 0 Å². The van der Waals surface area contributed by atoms with Crippen molar-refractivity contribution in [3.8, 4) is 0 Å². The minimum atomic E-state index is 0.997. The molecule has 0 spiro atoms. The molecule has 13 heavy (non-hydrogen) atoms. The summed E-state index contributed by atoms with van der Waals surface area (Å²) in [7, 11) is 3.92. The molecule has 68 valence electrons. The van der Waals surface area contributed by atoms with Crippen LogP contribution in [0, 0.1) is 0 Å². The highest BCUT2D eigenvalue weighted by atomic mass is 15.1. The van der Waals surface area contributed by atoms with Gasteiger partial charge in [-0.25, -0.2) is 0 Å². The van der Waals surface area contributed by atoms with Crippen molar-refractivity contribution in [2.45, 2.75) is 6.42 Å². The second kappa shape index (κ2) is 3.17. The number of hydrogen-bond donors (Lipinski definition) is 0. The minimum Gasteiger partial charge on any atom is -0.372 e. The molecule has 0 aromatic carbocycles. The van der Waals surface area contributed by atoms with Crippen molar-refractivity contribution in [1.29, 1.82) is 0 Å². The van der Waals surface area contributed by atoms with E-state index in [1.54, 1.807) is 0 Å². The predicted molar refractivity (Wildman–Crippen MR) is 54.6 cm³/mol. The molecular formula is C10H13N3. The molecule has 0 atom stereocenters. The van der Waals surface area contributed by atoms with Gasteiger partial charge < -0.3 is 4.90 Å². The molecule has 3 heteroatoms. The van der Waals surface area contributed by atoms with Crippen LogP contribution in [0.5, 0.6) is 0 Å². The van der Waals surface area contributed by atoms with Gasteiger partial charge in [-0.3, -0.25) is 9.98 Å². The second-order valence-electron chi connectivity index (χ2n) is 3.21. The quantitative estimate of drug-likeness (QED) is 0.595.